The molecule has 0 aliphatic carbocycles. The molecule has 0 heterocycles. The number of rotatable bonds is 3. The van der Waals surface area contributed by atoms with Crippen LogP contribution in [0, 0.1) is 0 Å². The van der Waals surface area contributed by atoms with E-state index in [2.05, 4.69) is 10.2 Å². The number of hydrogen-bond acceptors (Lipinski definition) is 5. The zero-order valence-corrected chi connectivity index (χ0v) is 15.6. The average Bonchev–Trinajstić information content (AvgIpc) is 2.37. The van der Waals surface area contributed by atoms with Crippen LogP contribution in [0.2, 0.25) is 0 Å². The van der Waals surface area contributed by atoms with Gasteiger partial charge in [-0.05, 0) is 48.5 Å². The third-order valence-corrected chi connectivity index (χ3v) is 3.13. The van der Waals surface area contributed by atoms with Gasteiger partial charge < -0.3 is 5.11 Å². The molecule has 0 spiro atoms. The maximum Gasteiger partial charge on any atom is 2.00 e. The molecular formula is C12H10BaN2O4S+2. The van der Waals surface area contributed by atoms with E-state index in [1.54, 1.807) is 12.1 Å². The quantitative estimate of drug-likeness (QED) is 0.457. The molecule has 0 atom stereocenters. The van der Waals surface area contributed by atoms with E-state index in [1.807, 2.05) is 0 Å². The predicted molar refractivity (Wildman–Crippen MR) is 74.3 cm³/mol. The van der Waals surface area contributed by atoms with E-state index in [9.17, 15) is 8.42 Å². The number of aromatic hydroxyl groups is 1. The van der Waals surface area contributed by atoms with Gasteiger partial charge in [-0.15, -0.1) is 0 Å². The molecule has 2 rings (SSSR count). The fourth-order valence-electron chi connectivity index (χ4n) is 1.32. The number of phenolic OH excluding ortho intramolecular Hbond substituents is 1. The van der Waals surface area contributed by atoms with Crippen LogP contribution in [0.25, 0.3) is 0 Å². The topological polar surface area (TPSA) is 99.3 Å². The summed E-state index contributed by atoms with van der Waals surface area (Å²) in [7, 11) is -4.19. The molecule has 0 aliphatic rings. The van der Waals surface area contributed by atoms with Gasteiger partial charge in [0.15, 0.2) is 0 Å². The average molecular weight is 416 g/mol. The molecule has 0 aliphatic heterocycles. The van der Waals surface area contributed by atoms with Gasteiger partial charge in [0.05, 0.1) is 16.3 Å². The monoisotopic (exact) mass is 416 g/mol. The molecule has 6 nitrogen and oxygen atoms in total. The summed E-state index contributed by atoms with van der Waals surface area (Å²) in [6.45, 7) is 0. The first-order chi connectivity index (χ1) is 8.95. The molecule has 0 bridgehead atoms. The molecule has 98 valence electrons. The van der Waals surface area contributed by atoms with Crippen LogP contribution in [0.5, 0.6) is 5.75 Å². The Bertz CT molecular complexity index is 697. The van der Waals surface area contributed by atoms with Gasteiger partial charge in [0.25, 0.3) is 10.1 Å². The van der Waals surface area contributed by atoms with Crippen molar-refractivity contribution in [2.24, 2.45) is 10.2 Å². The summed E-state index contributed by atoms with van der Waals surface area (Å²) in [5.74, 6) is 0.136. The van der Waals surface area contributed by atoms with Crippen LogP contribution < -0.4 is 0 Å². The smallest absolute Gasteiger partial charge is 0.508 e. The van der Waals surface area contributed by atoms with Crippen molar-refractivity contribution >= 4 is 70.4 Å². The molecule has 0 unspecified atom stereocenters. The third-order valence-electron chi connectivity index (χ3n) is 2.27. The first-order valence-corrected chi connectivity index (χ1v) is 6.67. The van der Waals surface area contributed by atoms with E-state index in [4.69, 9.17) is 9.66 Å². The molecule has 0 aromatic heterocycles. The molecular weight excluding hydrogens is 406 g/mol. The second-order valence-electron chi connectivity index (χ2n) is 3.69. The molecule has 0 amide bonds. The van der Waals surface area contributed by atoms with Crippen LogP contribution in [0.15, 0.2) is 63.7 Å². The Morgan fingerprint density at radius 3 is 1.60 bits per heavy atom. The third kappa shape index (κ3) is 5.02. The van der Waals surface area contributed by atoms with Crippen molar-refractivity contribution in [2.45, 2.75) is 4.90 Å². The summed E-state index contributed by atoms with van der Waals surface area (Å²) in [4.78, 5) is -0.198. The molecule has 0 saturated carbocycles. The van der Waals surface area contributed by atoms with Crippen molar-refractivity contribution in [1.29, 1.82) is 0 Å². The molecule has 0 fully saturated rings. The van der Waals surface area contributed by atoms with E-state index < -0.39 is 10.1 Å². The van der Waals surface area contributed by atoms with E-state index in [0.29, 0.717) is 11.4 Å². The van der Waals surface area contributed by atoms with Crippen LogP contribution in [0.3, 0.4) is 0 Å². The Hall–Kier alpha value is -0.679. The Labute approximate surface area is 156 Å². The van der Waals surface area contributed by atoms with Crippen molar-refractivity contribution in [1.82, 2.24) is 0 Å². The van der Waals surface area contributed by atoms with Gasteiger partial charge in [-0.3, -0.25) is 4.55 Å². The van der Waals surface area contributed by atoms with Crippen molar-refractivity contribution < 1.29 is 18.1 Å². The maximum absolute atomic E-state index is 10.8. The molecule has 0 radical (unpaired) electrons. The summed E-state index contributed by atoms with van der Waals surface area (Å²) in [5, 5.41) is 16.9. The number of nitrogens with zero attached hydrogens (tertiary/aromatic N) is 2. The standard InChI is InChI=1S/C12H10N2O4S.Ba/c15-11-5-1-9(2-6-11)13-14-10-3-7-12(8-4-10)19(16,17)18;/h1-8,15H,(H,16,17,18);/q;+2. The fourth-order valence-corrected chi connectivity index (χ4v) is 1.80. The Balaban J connectivity index is 0.00000200. The van der Waals surface area contributed by atoms with Crippen LogP contribution in [0.4, 0.5) is 11.4 Å². The Kier molecular flexibility index (Phi) is 6.40. The number of azo groups is 1. The normalized spacial score (nSPS) is 11.2. The fraction of sp³-hybridized carbons (Fsp3) is 0. The van der Waals surface area contributed by atoms with Crippen molar-refractivity contribution in [2.75, 3.05) is 0 Å². The minimum Gasteiger partial charge on any atom is -0.508 e. The summed E-state index contributed by atoms with van der Waals surface area (Å²) in [6, 6.07) is 11.5. The summed E-state index contributed by atoms with van der Waals surface area (Å²) in [5.41, 5.74) is 0.997. The summed E-state index contributed by atoms with van der Waals surface area (Å²) < 4.78 is 30.5. The molecule has 2 aromatic carbocycles. The number of hydrogen-bond donors (Lipinski definition) is 2. The van der Waals surface area contributed by atoms with Gasteiger partial charge in [0.1, 0.15) is 5.75 Å². The van der Waals surface area contributed by atoms with Gasteiger partial charge in [0, 0.05) is 0 Å². The van der Waals surface area contributed by atoms with Crippen LogP contribution in [0.1, 0.15) is 0 Å². The Morgan fingerprint density at radius 2 is 1.20 bits per heavy atom. The molecule has 0 saturated heterocycles. The van der Waals surface area contributed by atoms with E-state index in [1.165, 1.54) is 36.4 Å². The van der Waals surface area contributed by atoms with Gasteiger partial charge in [-0.1, -0.05) is 0 Å². The summed E-state index contributed by atoms with van der Waals surface area (Å²) in [6.07, 6.45) is 0. The van der Waals surface area contributed by atoms with E-state index >= 15 is 0 Å². The van der Waals surface area contributed by atoms with Crippen molar-refractivity contribution in [3.05, 3.63) is 48.5 Å². The van der Waals surface area contributed by atoms with Crippen molar-refractivity contribution in [3.8, 4) is 5.75 Å². The molecule has 20 heavy (non-hydrogen) atoms. The zero-order chi connectivity index (χ0) is 13.9. The predicted octanol–water partition coefficient (Wildman–Crippen LogP) is 2.67. The zero-order valence-electron chi connectivity index (χ0n) is 10.3. The van der Waals surface area contributed by atoms with Crippen LogP contribution >= 0.6 is 0 Å². The molecule has 8 heteroatoms. The van der Waals surface area contributed by atoms with Gasteiger partial charge in [-0.25, -0.2) is 0 Å². The first-order valence-electron chi connectivity index (χ1n) is 5.23. The molecule has 2 aromatic rings. The minimum atomic E-state index is -4.19. The van der Waals surface area contributed by atoms with Gasteiger partial charge in [0.2, 0.25) is 0 Å². The van der Waals surface area contributed by atoms with E-state index in [0.717, 1.165) is 0 Å². The van der Waals surface area contributed by atoms with E-state index in [-0.39, 0.29) is 59.5 Å². The van der Waals surface area contributed by atoms with Crippen LogP contribution in [-0.2, 0) is 10.1 Å². The molecule has 2 N–H and O–H groups in total. The first kappa shape index (κ1) is 17.4. The largest absolute Gasteiger partial charge is 2.00 e. The Morgan fingerprint density at radius 1 is 0.800 bits per heavy atom. The van der Waals surface area contributed by atoms with Gasteiger partial charge in [-0.2, -0.15) is 18.6 Å². The number of phenols is 1. The van der Waals surface area contributed by atoms with Gasteiger partial charge >= 0.3 is 48.9 Å². The van der Waals surface area contributed by atoms with Crippen molar-refractivity contribution in [3.63, 3.8) is 0 Å². The summed E-state index contributed by atoms with van der Waals surface area (Å²) >= 11 is 0. The second kappa shape index (κ2) is 7.36. The second-order valence-corrected chi connectivity index (χ2v) is 5.11. The SMILES string of the molecule is O=S(=O)(O)c1ccc(N=Nc2ccc(O)cc2)cc1.[Ba+2]. The number of benzene rings is 2. The minimum absolute atomic E-state index is 0. The van der Waals surface area contributed by atoms with Crippen LogP contribution in [-0.4, -0.2) is 67.0 Å². The maximum atomic E-state index is 10.8.